The van der Waals surface area contributed by atoms with E-state index in [1.165, 1.54) is 19.3 Å². The van der Waals surface area contributed by atoms with Crippen LogP contribution >= 0.6 is 0 Å². The van der Waals surface area contributed by atoms with Crippen LogP contribution in [-0.4, -0.2) is 55.0 Å². The van der Waals surface area contributed by atoms with Crippen molar-refractivity contribution in [1.29, 1.82) is 0 Å². The number of carbonyl (C=O) groups is 1. The van der Waals surface area contributed by atoms with Gasteiger partial charge in [0.2, 0.25) is 0 Å². The van der Waals surface area contributed by atoms with Crippen LogP contribution < -0.4 is 5.32 Å². The number of likely N-dealkylation sites (tertiary alicyclic amines) is 1. The lowest BCUT2D eigenvalue weighted by molar-refractivity contribution is 0.0252. The molecule has 2 fully saturated rings. The Labute approximate surface area is 115 Å². The van der Waals surface area contributed by atoms with Crippen molar-refractivity contribution in [1.82, 2.24) is 10.2 Å². The maximum Gasteiger partial charge on any atom is 0.410 e. The van der Waals surface area contributed by atoms with E-state index in [9.17, 15) is 4.79 Å². The van der Waals surface area contributed by atoms with E-state index in [0.29, 0.717) is 19.1 Å². The standard InChI is InChI=1S/C14H26N2O3/c1-14(2,3)19-13(17)16-8-11(12(9-16)18-4)15-10-6-5-7-10/h10-12,15H,5-9H2,1-4H3/t11?,12-/m0/s1. The first-order valence-electron chi connectivity index (χ1n) is 7.16. The van der Waals surface area contributed by atoms with E-state index in [0.717, 1.165) is 0 Å². The number of hydrogen-bond donors (Lipinski definition) is 1. The van der Waals surface area contributed by atoms with E-state index < -0.39 is 5.60 Å². The van der Waals surface area contributed by atoms with Gasteiger partial charge in [-0.25, -0.2) is 4.79 Å². The third-order valence-electron chi connectivity index (χ3n) is 3.78. The lowest BCUT2D eigenvalue weighted by atomic mass is 9.92. The van der Waals surface area contributed by atoms with E-state index in [1.54, 1.807) is 12.0 Å². The van der Waals surface area contributed by atoms with Crippen molar-refractivity contribution >= 4 is 6.09 Å². The molecule has 110 valence electrons. The molecule has 1 saturated carbocycles. The Balaban J connectivity index is 1.88. The van der Waals surface area contributed by atoms with Crippen LogP contribution in [0.1, 0.15) is 40.0 Å². The molecule has 5 nitrogen and oxygen atoms in total. The number of ether oxygens (including phenoxy) is 2. The molecule has 1 aliphatic heterocycles. The molecule has 1 N–H and O–H groups in total. The fourth-order valence-corrected chi connectivity index (χ4v) is 2.53. The first kappa shape index (κ1) is 14.6. The SMILES string of the molecule is CO[C@H]1CN(C(=O)OC(C)(C)C)CC1NC1CCC1. The van der Waals surface area contributed by atoms with Crippen molar-refractivity contribution < 1.29 is 14.3 Å². The Morgan fingerprint density at radius 2 is 1.95 bits per heavy atom. The Kier molecular flexibility index (Phi) is 4.36. The minimum absolute atomic E-state index is 0.0631. The van der Waals surface area contributed by atoms with Crippen LogP contribution in [0.5, 0.6) is 0 Å². The highest BCUT2D eigenvalue weighted by Crippen LogP contribution is 2.23. The highest BCUT2D eigenvalue weighted by molar-refractivity contribution is 5.68. The van der Waals surface area contributed by atoms with Crippen LogP contribution in [0.4, 0.5) is 4.79 Å². The van der Waals surface area contributed by atoms with E-state index in [-0.39, 0.29) is 18.2 Å². The molecular formula is C14H26N2O3. The molecule has 1 unspecified atom stereocenters. The van der Waals surface area contributed by atoms with Crippen molar-refractivity contribution in [3.63, 3.8) is 0 Å². The summed E-state index contributed by atoms with van der Waals surface area (Å²) in [5.74, 6) is 0. The Hall–Kier alpha value is -0.810. The zero-order valence-corrected chi connectivity index (χ0v) is 12.4. The molecule has 0 aromatic carbocycles. The molecule has 0 bridgehead atoms. The number of hydrogen-bond acceptors (Lipinski definition) is 4. The highest BCUT2D eigenvalue weighted by atomic mass is 16.6. The molecule has 1 aliphatic carbocycles. The molecule has 0 aromatic heterocycles. The van der Waals surface area contributed by atoms with E-state index in [2.05, 4.69) is 5.32 Å². The van der Waals surface area contributed by atoms with E-state index in [4.69, 9.17) is 9.47 Å². The first-order valence-corrected chi connectivity index (χ1v) is 7.16. The van der Waals surface area contributed by atoms with Crippen molar-refractivity contribution in [2.24, 2.45) is 0 Å². The number of carbonyl (C=O) groups excluding carboxylic acids is 1. The van der Waals surface area contributed by atoms with Gasteiger partial charge in [0.25, 0.3) is 0 Å². The summed E-state index contributed by atoms with van der Waals surface area (Å²) in [6.45, 7) is 6.94. The minimum atomic E-state index is -0.445. The van der Waals surface area contributed by atoms with E-state index in [1.807, 2.05) is 20.8 Å². The zero-order valence-electron chi connectivity index (χ0n) is 12.4. The second kappa shape index (κ2) is 5.67. The molecule has 0 radical (unpaired) electrons. The number of amides is 1. The second-order valence-electron chi connectivity index (χ2n) is 6.56. The fourth-order valence-electron chi connectivity index (χ4n) is 2.53. The van der Waals surface area contributed by atoms with Crippen molar-refractivity contribution in [3.8, 4) is 0 Å². The highest BCUT2D eigenvalue weighted by Gasteiger charge is 2.38. The van der Waals surface area contributed by atoms with Gasteiger partial charge in [-0.3, -0.25) is 0 Å². The third-order valence-corrected chi connectivity index (χ3v) is 3.78. The number of rotatable bonds is 3. The predicted molar refractivity (Wildman–Crippen MR) is 73.2 cm³/mol. The van der Waals surface area contributed by atoms with Crippen molar-refractivity contribution in [3.05, 3.63) is 0 Å². The van der Waals surface area contributed by atoms with Crippen LogP contribution in [0.2, 0.25) is 0 Å². The molecule has 1 amide bonds. The third kappa shape index (κ3) is 3.83. The van der Waals surface area contributed by atoms with Gasteiger partial charge in [0.15, 0.2) is 0 Å². The smallest absolute Gasteiger partial charge is 0.410 e. The summed E-state index contributed by atoms with van der Waals surface area (Å²) in [5.41, 5.74) is -0.445. The average Bonchev–Trinajstić information content (AvgIpc) is 2.64. The predicted octanol–water partition coefficient (Wildman–Crippen LogP) is 1.76. The molecule has 2 aliphatic rings. The topological polar surface area (TPSA) is 50.8 Å². The van der Waals surface area contributed by atoms with Crippen LogP contribution in [-0.2, 0) is 9.47 Å². The summed E-state index contributed by atoms with van der Waals surface area (Å²) in [6, 6.07) is 0.823. The maximum absolute atomic E-state index is 12.1. The maximum atomic E-state index is 12.1. The molecule has 0 spiro atoms. The van der Waals surface area contributed by atoms with Gasteiger partial charge in [-0.05, 0) is 33.6 Å². The van der Waals surface area contributed by atoms with Gasteiger partial charge in [-0.2, -0.15) is 0 Å². The number of nitrogens with zero attached hydrogens (tertiary/aromatic N) is 1. The van der Waals surface area contributed by atoms with Crippen LogP contribution in [0.3, 0.4) is 0 Å². The summed E-state index contributed by atoms with van der Waals surface area (Å²) in [7, 11) is 1.71. The fraction of sp³-hybridized carbons (Fsp3) is 0.929. The first-order chi connectivity index (χ1) is 8.89. The summed E-state index contributed by atoms with van der Waals surface area (Å²) in [6.07, 6.45) is 3.59. The average molecular weight is 270 g/mol. The van der Waals surface area contributed by atoms with Crippen molar-refractivity contribution in [2.45, 2.75) is 63.8 Å². The molecular weight excluding hydrogens is 244 g/mol. The summed E-state index contributed by atoms with van der Waals surface area (Å²) >= 11 is 0. The monoisotopic (exact) mass is 270 g/mol. The van der Waals surface area contributed by atoms with Crippen LogP contribution in [0.15, 0.2) is 0 Å². The Morgan fingerprint density at radius 3 is 2.42 bits per heavy atom. The van der Waals surface area contributed by atoms with Gasteiger partial charge in [0.1, 0.15) is 5.60 Å². The van der Waals surface area contributed by atoms with Gasteiger partial charge in [0.05, 0.1) is 18.7 Å². The number of methoxy groups -OCH3 is 1. The minimum Gasteiger partial charge on any atom is -0.444 e. The number of nitrogens with one attached hydrogen (secondary N) is 1. The molecule has 0 aromatic rings. The Morgan fingerprint density at radius 1 is 1.26 bits per heavy atom. The summed E-state index contributed by atoms with van der Waals surface area (Å²) in [5, 5.41) is 3.59. The van der Waals surface area contributed by atoms with Crippen LogP contribution in [0, 0.1) is 0 Å². The lowest BCUT2D eigenvalue weighted by Gasteiger charge is -2.31. The van der Waals surface area contributed by atoms with Gasteiger partial charge in [0, 0.05) is 19.7 Å². The zero-order chi connectivity index (χ0) is 14.0. The summed E-state index contributed by atoms with van der Waals surface area (Å²) < 4.78 is 10.9. The van der Waals surface area contributed by atoms with Crippen LogP contribution in [0.25, 0.3) is 0 Å². The largest absolute Gasteiger partial charge is 0.444 e. The van der Waals surface area contributed by atoms with Gasteiger partial charge in [-0.1, -0.05) is 6.42 Å². The Bertz CT molecular complexity index is 323. The molecule has 1 saturated heterocycles. The van der Waals surface area contributed by atoms with E-state index >= 15 is 0 Å². The van der Waals surface area contributed by atoms with Gasteiger partial charge < -0.3 is 19.7 Å². The quantitative estimate of drug-likeness (QED) is 0.849. The molecule has 19 heavy (non-hydrogen) atoms. The molecule has 1 heterocycles. The van der Waals surface area contributed by atoms with Gasteiger partial charge in [-0.15, -0.1) is 0 Å². The molecule has 2 atom stereocenters. The lowest BCUT2D eigenvalue weighted by Crippen LogP contribution is -2.48. The second-order valence-corrected chi connectivity index (χ2v) is 6.56. The normalized spacial score (nSPS) is 28.3. The summed E-state index contributed by atoms with van der Waals surface area (Å²) in [4.78, 5) is 13.8. The molecule has 2 rings (SSSR count). The van der Waals surface area contributed by atoms with Gasteiger partial charge >= 0.3 is 6.09 Å². The van der Waals surface area contributed by atoms with Crippen molar-refractivity contribution in [2.75, 3.05) is 20.2 Å². The molecule has 5 heteroatoms.